The molecule has 0 spiro atoms. The molecule has 0 saturated heterocycles. The van der Waals surface area contributed by atoms with E-state index in [0.717, 1.165) is 27.2 Å². The van der Waals surface area contributed by atoms with Crippen LogP contribution in [-0.2, 0) is 13.6 Å². The molecule has 5 heteroatoms. The molecule has 0 saturated carbocycles. The molecule has 2 aromatic rings. The Kier molecular flexibility index (Phi) is 3.33. The number of rotatable bonds is 3. The number of hydrogen-bond donors (Lipinski definition) is 2. The van der Waals surface area contributed by atoms with Gasteiger partial charge in [-0.25, -0.2) is 0 Å². The van der Waals surface area contributed by atoms with E-state index in [1.807, 2.05) is 36.0 Å². The quantitative estimate of drug-likeness (QED) is 0.671. The number of halogens is 1. The monoisotopic (exact) mass is 328 g/mol. The summed E-state index contributed by atoms with van der Waals surface area (Å²) in [5.74, 6) is 0. The molecule has 1 aromatic carbocycles. The van der Waals surface area contributed by atoms with E-state index in [1.165, 1.54) is 0 Å². The van der Waals surface area contributed by atoms with E-state index in [9.17, 15) is 0 Å². The summed E-state index contributed by atoms with van der Waals surface area (Å²) in [5.41, 5.74) is 8.72. The number of nitrogens with two attached hydrogens (primary N) is 1. The Balaban J connectivity index is 2.08. The molecule has 0 fully saturated rings. The molecule has 0 aliphatic rings. The van der Waals surface area contributed by atoms with Crippen molar-refractivity contribution in [3.63, 3.8) is 0 Å². The zero-order valence-electron chi connectivity index (χ0n) is 8.94. The number of aryl methyl sites for hydroxylation is 1. The van der Waals surface area contributed by atoms with Crippen LogP contribution in [0.5, 0.6) is 0 Å². The first-order valence-electron chi connectivity index (χ1n) is 4.92. The van der Waals surface area contributed by atoms with Crippen LogP contribution in [0.2, 0.25) is 0 Å². The van der Waals surface area contributed by atoms with Crippen molar-refractivity contribution in [3.8, 4) is 0 Å². The third-order valence-electron chi connectivity index (χ3n) is 2.38. The molecule has 0 atom stereocenters. The second kappa shape index (κ2) is 4.73. The zero-order chi connectivity index (χ0) is 11.5. The Labute approximate surface area is 108 Å². The summed E-state index contributed by atoms with van der Waals surface area (Å²) >= 11 is 2.27. The lowest BCUT2D eigenvalue weighted by atomic mass is 10.3. The van der Waals surface area contributed by atoms with E-state index in [2.05, 4.69) is 33.0 Å². The number of nitrogen functional groups attached to an aromatic ring is 1. The van der Waals surface area contributed by atoms with Gasteiger partial charge in [-0.3, -0.25) is 4.68 Å². The smallest absolute Gasteiger partial charge is 0.0571 e. The van der Waals surface area contributed by atoms with Gasteiger partial charge in [0.25, 0.3) is 0 Å². The van der Waals surface area contributed by atoms with Crippen LogP contribution < -0.4 is 11.1 Å². The fourth-order valence-electron chi connectivity index (χ4n) is 1.44. The fourth-order valence-corrected chi connectivity index (χ4v) is 2.17. The number of nitrogens with zero attached hydrogens (tertiary/aromatic N) is 2. The lowest BCUT2D eigenvalue weighted by Gasteiger charge is -2.09. The van der Waals surface area contributed by atoms with Gasteiger partial charge in [0.2, 0.25) is 0 Å². The zero-order valence-corrected chi connectivity index (χ0v) is 11.1. The normalized spacial score (nSPS) is 10.4. The van der Waals surface area contributed by atoms with E-state index < -0.39 is 0 Å². The molecule has 84 valence electrons. The summed E-state index contributed by atoms with van der Waals surface area (Å²) in [6, 6.07) is 7.84. The van der Waals surface area contributed by atoms with E-state index in [1.54, 1.807) is 6.20 Å². The molecule has 0 radical (unpaired) electrons. The number of nitrogens with one attached hydrogen (secondary N) is 1. The van der Waals surface area contributed by atoms with Crippen molar-refractivity contribution < 1.29 is 0 Å². The SMILES string of the molecule is Cn1nccc1CNc1ccc(N)cc1I. The predicted octanol–water partition coefficient (Wildman–Crippen LogP) is 2.22. The predicted molar refractivity (Wildman–Crippen MR) is 74.1 cm³/mol. The van der Waals surface area contributed by atoms with E-state index in [-0.39, 0.29) is 0 Å². The number of anilines is 2. The van der Waals surface area contributed by atoms with Crippen molar-refractivity contribution in [2.24, 2.45) is 7.05 Å². The van der Waals surface area contributed by atoms with Crippen LogP contribution in [0.25, 0.3) is 0 Å². The van der Waals surface area contributed by atoms with E-state index >= 15 is 0 Å². The highest BCUT2D eigenvalue weighted by molar-refractivity contribution is 14.1. The number of hydrogen-bond acceptors (Lipinski definition) is 3. The van der Waals surface area contributed by atoms with E-state index in [4.69, 9.17) is 5.73 Å². The Morgan fingerprint density at radius 2 is 2.25 bits per heavy atom. The van der Waals surface area contributed by atoms with Gasteiger partial charge in [0.15, 0.2) is 0 Å². The molecule has 16 heavy (non-hydrogen) atoms. The molecular weight excluding hydrogens is 315 g/mol. The summed E-state index contributed by atoms with van der Waals surface area (Å²) in [5, 5.41) is 7.48. The Morgan fingerprint density at radius 3 is 2.88 bits per heavy atom. The molecule has 0 aliphatic heterocycles. The maximum atomic E-state index is 5.70. The van der Waals surface area contributed by atoms with Crippen LogP contribution in [0.15, 0.2) is 30.5 Å². The van der Waals surface area contributed by atoms with Crippen LogP contribution in [-0.4, -0.2) is 9.78 Å². The molecule has 2 rings (SSSR count). The first-order valence-corrected chi connectivity index (χ1v) is 6.00. The molecular formula is C11H13IN4. The van der Waals surface area contributed by atoms with Crippen LogP contribution in [0.1, 0.15) is 5.69 Å². The Morgan fingerprint density at radius 1 is 1.44 bits per heavy atom. The number of benzene rings is 1. The maximum absolute atomic E-state index is 5.70. The average molecular weight is 328 g/mol. The summed E-state index contributed by atoms with van der Waals surface area (Å²) in [4.78, 5) is 0. The molecule has 4 nitrogen and oxygen atoms in total. The largest absolute Gasteiger partial charge is 0.399 e. The van der Waals surface area contributed by atoms with Crippen LogP contribution in [0, 0.1) is 3.57 Å². The highest BCUT2D eigenvalue weighted by Gasteiger charge is 2.01. The average Bonchev–Trinajstić information content (AvgIpc) is 2.63. The first-order chi connectivity index (χ1) is 7.66. The van der Waals surface area contributed by atoms with Crippen molar-refractivity contribution in [1.29, 1.82) is 0 Å². The molecule has 0 amide bonds. The van der Waals surface area contributed by atoms with Crippen LogP contribution in [0.4, 0.5) is 11.4 Å². The van der Waals surface area contributed by atoms with Gasteiger partial charge < -0.3 is 11.1 Å². The molecule has 3 N–H and O–H groups in total. The van der Waals surface area contributed by atoms with Gasteiger partial charge in [-0.15, -0.1) is 0 Å². The maximum Gasteiger partial charge on any atom is 0.0571 e. The lowest BCUT2D eigenvalue weighted by Crippen LogP contribution is -2.06. The standard InChI is InChI=1S/C11H13IN4/c1-16-9(4-5-15-16)7-14-11-3-2-8(13)6-10(11)12/h2-6,14H,7,13H2,1H3. The third kappa shape index (κ3) is 2.46. The molecule has 1 heterocycles. The summed E-state index contributed by atoms with van der Waals surface area (Å²) in [6.45, 7) is 0.760. The second-order valence-corrected chi connectivity index (χ2v) is 4.70. The van der Waals surface area contributed by atoms with Crippen molar-refractivity contribution in [2.45, 2.75) is 6.54 Å². The van der Waals surface area contributed by atoms with Crippen LogP contribution in [0.3, 0.4) is 0 Å². The molecule has 0 unspecified atom stereocenters. The first kappa shape index (κ1) is 11.3. The van der Waals surface area contributed by atoms with Crippen LogP contribution >= 0.6 is 22.6 Å². The summed E-state index contributed by atoms with van der Waals surface area (Å²) in [7, 11) is 1.94. The lowest BCUT2D eigenvalue weighted by molar-refractivity contribution is 0.720. The van der Waals surface area contributed by atoms with Crippen molar-refractivity contribution in [1.82, 2.24) is 9.78 Å². The van der Waals surface area contributed by atoms with E-state index in [0.29, 0.717) is 0 Å². The van der Waals surface area contributed by atoms with Gasteiger partial charge in [0, 0.05) is 28.2 Å². The van der Waals surface area contributed by atoms with Gasteiger partial charge in [-0.05, 0) is 46.9 Å². The topological polar surface area (TPSA) is 55.9 Å². The summed E-state index contributed by atoms with van der Waals surface area (Å²) < 4.78 is 2.98. The summed E-state index contributed by atoms with van der Waals surface area (Å²) in [6.07, 6.45) is 1.80. The fraction of sp³-hybridized carbons (Fsp3) is 0.182. The minimum absolute atomic E-state index is 0.760. The van der Waals surface area contributed by atoms with Gasteiger partial charge >= 0.3 is 0 Å². The molecule has 0 aliphatic carbocycles. The highest BCUT2D eigenvalue weighted by atomic mass is 127. The van der Waals surface area contributed by atoms with Gasteiger partial charge in [-0.1, -0.05) is 0 Å². The third-order valence-corrected chi connectivity index (χ3v) is 3.27. The van der Waals surface area contributed by atoms with Crippen molar-refractivity contribution in [3.05, 3.63) is 39.7 Å². The highest BCUT2D eigenvalue weighted by Crippen LogP contribution is 2.21. The van der Waals surface area contributed by atoms with Gasteiger partial charge in [-0.2, -0.15) is 5.10 Å². The minimum Gasteiger partial charge on any atom is -0.399 e. The second-order valence-electron chi connectivity index (χ2n) is 3.54. The van der Waals surface area contributed by atoms with Gasteiger partial charge in [0.1, 0.15) is 0 Å². The number of aromatic nitrogens is 2. The Bertz CT molecular complexity index is 492. The van der Waals surface area contributed by atoms with Crippen molar-refractivity contribution >= 4 is 34.0 Å². The van der Waals surface area contributed by atoms with Gasteiger partial charge in [0.05, 0.1) is 12.2 Å². The Hall–Kier alpha value is -1.24. The van der Waals surface area contributed by atoms with Crippen molar-refractivity contribution in [2.75, 3.05) is 11.1 Å². The minimum atomic E-state index is 0.760. The molecule has 0 bridgehead atoms. The molecule has 1 aromatic heterocycles.